The zero-order valence-corrected chi connectivity index (χ0v) is 11.1. The van der Waals surface area contributed by atoms with Gasteiger partial charge in [-0.2, -0.15) is 0 Å². The minimum atomic E-state index is 0.359. The zero-order chi connectivity index (χ0) is 13.0. The Balaban J connectivity index is 2.18. The summed E-state index contributed by atoms with van der Waals surface area (Å²) in [6, 6.07) is 0. The molecule has 0 aromatic carbocycles. The topological polar surface area (TPSA) is 59.5 Å². The van der Waals surface area contributed by atoms with E-state index in [0.717, 1.165) is 37.6 Å². The molecule has 0 aliphatic carbocycles. The molecular formula is C12H20N4O2. The second-order valence-corrected chi connectivity index (χ2v) is 4.25. The minimum absolute atomic E-state index is 0.359. The van der Waals surface area contributed by atoms with E-state index in [-0.39, 0.29) is 0 Å². The lowest BCUT2D eigenvalue weighted by Crippen LogP contribution is -2.37. The highest BCUT2D eigenvalue weighted by atomic mass is 16.5. The molecule has 1 aliphatic rings. The van der Waals surface area contributed by atoms with Crippen molar-refractivity contribution in [2.75, 3.05) is 44.6 Å². The van der Waals surface area contributed by atoms with Gasteiger partial charge in [0.2, 0.25) is 5.75 Å². The first-order valence-corrected chi connectivity index (χ1v) is 6.14. The second-order valence-electron chi connectivity index (χ2n) is 4.25. The first kappa shape index (κ1) is 12.9. The van der Waals surface area contributed by atoms with Crippen LogP contribution in [0.2, 0.25) is 0 Å². The van der Waals surface area contributed by atoms with Crippen LogP contribution < -0.4 is 15.0 Å². The summed E-state index contributed by atoms with van der Waals surface area (Å²) in [5.41, 5.74) is 0. The van der Waals surface area contributed by atoms with E-state index in [1.54, 1.807) is 20.5 Å². The van der Waals surface area contributed by atoms with E-state index in [1.807, 2.05) is 7.05 Å². The number of methoxy groups -OCH3 is 2. The maximum absolute atomic E-state index is 5.41. The van der Waals surface area contributed by atoms with Crippen molar-refractivity contribution in [1.82, 2.24) is 9.97 Å². The molecule has 1 aromatic heterocycles. The number of ether oxygens (including phenoxy) is 2. The Labute approximate surface area is 107 Å². The van der Waals surface area contributed by atoms with Crippen LogP contribution in [0.4, 0.5) is 11.6 Å². The predicted molar refractivity (Wildman–Crippen MR) is 70.4 cm³/mol. The molecule has 0 spiro atoms. The van der Waals surface area contributed by atoms with Crippen molar-refractivity contribution in [3.05, 3.63) is 6.33 Å². The molecular weight excluding hydrogens is 232 g/mol. The lowest BCUT2D eigenvalue weighted by molar-refractivity contribution is 0.0817. The number of rotatable bonds is 4. The second kappa shape index (κ2) is 5.86. The van der Waals surface area contributed by atoms with Gasteiger partial charge < -0.3 is 19.7 Å². The zero-order valence-electron chi connectivity index (χ0n) is 11.1. The average molecular weight is 252 g/mol. The van der Waals surface area contributed by atoms with E-state index in [4.69, 9.17) is 9.47 Å². The van der Waals surface area contributed by atoms with E-state index in [1.165, 1.54) is 0 Å². The van der Waals surface area contributed by atoms with Gasteiger partial charge in [-0.05, 0) is 12.8 Å². The fourth-order valence-electron chi connectivity index (χ4n) is 2.26. The first-order valence-electron chi connectivity index (χ1n) is 6.14. The van der Waals surface area contributed by atoms with Gasteiger partial charge in [0.25, 0.3) is 0 Å². The van der Waals surface area contributed by atoms with Crippen molar-refractivity contribution in [1.29, 1.82) is 0 Å². The normalized spacial score (nSPS) is 16.7. The summed E-state index contributed by atoms with van der Waals surface area (Å²) in [5.74, 6) is 2.28. The summed E-state index contributed by atoms with van der Waals surface area (Å²) < 4.78 is 10.8. The minimum Gasteiger partial charge on any atom is -0.490 e. The predicted octanol–water partition coefficient (Wildman–Crippen LogP) is 1.14. The van der Waals surface area contributed by atoms with Gasteiger partial charge in [-0.25, -0.2) is 9.97 Å². The number of hydrogen-bond acceptors (Lipinski definition) is 6. The molecule has 100 valence electrons. The molecule has 0 amide bonds. The van der Waals surface area contributed by atoms with E-state index < -0.39 is 0 Å². The van der Waals surface area contributed by atoms with Crippen molar-refractivity contribution < 1.29 is 9.47 Å². The maximum atomic E-state index is 5.41. The van der Waals surface area contributed by atoms with Gasteiger partial charge in [-0.3, -0.25) is 0 Å². The van der Waals surface area contributed by atoms with Gasteiger partial charge in [0.1, 0.15) is 6.33 Å². The van der Waals surface area contributed by atoms with Crippen molar-refractivity contribution >= 4 is 11.6 Å². The Morgan fingerprint density at radius 1 is 1.28 bits per heavy atom. The Hall–Kier alpha value is -1.56. The summed E-state index contributed by atoms with van der Waals surface area (Å²) in [5, 5.41) is 3.02. The van der Waals surface area contributed by atoms with Crippen LogP contribution in [0.1, 0.15) is 12.8 Å². The van der Waals surface area contributed by atoms with Crippen molar-refractivity contribution in [3.8, 4) is 5.75 Å². The van der Waals surface area contributed by atoms with Gasteiger partial charge >= 0.3 is 0 Å². The molecule has 2 rings (SSSR count). The number of hydrogen-bond donors (Lipinski definition) is 1. The highest BCUT2D eigenvalue weighted by Gasteiger charge is 2.23. The van der Waals surface area contributed by atoms with Crippen LogP contribution in [-0.2, 0) is 4.74 Å². The average Bonchev–Trinajstić information content (AvgIpc) is 2.46. The van der Waals surface area contributed by atoms with Crippen LogP contribution in [0.15, 0.2) is 6.33 Å². The van der Waals surface area contributed by atoms with Crippen molar-refractivity contribution in [2.24, 2.45) is 0 Å². The fraction of sp³-hybridized carbons (Fsp3) is 0.667. The van der Waals surface area contributed by atoms with Crippen molar-refractivity contribution in [2.45, 2.75) is 18.9 Å². The van der Waals surface area contributed by atoms with Crippen molar-refractivity contribution in [3.63, 3.8) is 0 Å². The fourth-order valence-corrected chi connectivity index (χ4v) is 2.26. The van der Waals surface area contributed by atoms with Gasteiger partial charge in [0, 0.05) is 27.2 Å². The Bertz CT molecular complexity index is 392. The molecule has 18 heavy (non-hydrogen) atoms. The molecule has 2 heterocycles. The summed E-state index contributed by atoms with van der Waals surface area (Å²) in [7, 11) is 5.24. The maximum Gasteiger partial charge on any atom is 0.204 e. The highest BCUT2D eigenvalue weighted by molar-refractivity contribution is 5.64. The van der Waals surface area contributed by atoms with Crippen LogP contribution in [-0.4, -0.2) is 50.4 Å². The third-order valence-corrected chi connectivity index (χ3v) is 3.30. The quantitative estimate of drug-likeness (QED) is 0.867. The number of nitrogens with zero attached hydrogens (tertiary/aromatic N) is 3. The molecule has 0 saturated carbocycles. The summed E-state index contributed by atoms with van der Waals surface area (Å²) in [6.07, 6.45) is 3.95. The molecule has 1 N–H and O–H groups in total. The SMILES string of the molecule is CNc1ncnc(N2CCC(OC)CC2)c1OC. The monoisotopic (exact) mass is 252 g/mol. The highest BCUT2D eigenvalue weighted by Crippen LogP contribution is 2.33. The summed E-state index contributed by atoms with van der Waals surface area (Å²) >= 11 is 0. The van der Waals surface area contributed by atoms with Gasteiger partial charge in [-0.15, -0.1) is 0 Å². The Kier molecular flexibility index (Phi) is 4.19. The first-order chi connectivity index (χ1) is 8.80. The number of nitrogens with one attached hydrogen (secondary N) is 1. The Morgan fingerprint density at radius 2 is 2.00 bits per heavy atom. The van der Waals surface area contributed by atoms with Gasteiger partial charge in [0.05, 0.1) is 13.2 Å². The lowest BCUT2D eigenvalue weighted by Gasteiger charge is -2.32. The van der Waals surface area contributed by atoms with Gasteiger partial charge in [0.15, 0.2) is 11.6 Å². The third kappa shape index (κ3) is 2.48. The molecule has 1 aliphatic heterocycles. The number of piperidine rings is 1. The standard InChI is InChI=1S/C12H20N4O2/c1-13-11-10(18-3)12(15-8-14-11)16-6-4-9(17-2)5-7-16/h8-9H,4-7H2,1-3H3,(H,13,14,15). The van der Waals surface area contributed by atoms with Gasteiger partial charge in [-0.1, -0.05) is 0 Å². The van der Waals surface area contributed by atoms with Crippen LogP contribution in [0, 0.1) is 0 Å². The third-order valence-electron chi connectivity index (χ3n) is 3.30. The number of anilines is 2. The van der Waals surface area contributed by atoms with E-state index >= 15 is 0 Å². The Morgan fingerprint density at radius 3 is 2.56 bits per heavy atom. The molecule has 0 atom stereocenters. The number of aromatic nitrogens is 2. The van der Waals surface area contributed by atoms with Crippen LogP contribution >= 0.6 is 0 Å². The van der Waals surface area contributed by atoms with Crippen LogP contribution in [0.5, 0.6) is 5.75 Å². The van der Waals surface area contributed by atoms with E-state index in [2.05, 4.69) is 20.2 Å². The molecule has 6 nitrogen and oxygen atoms in total. The molecule has 0 radical (unpaired) electrons. The molecule has 1 saturated heterocycles. The molecule has 1 fully saturated rings. The van der Waals surface area contributed by atoms with Crippen LogP contribution in [0.3, 0.4) is 0 Å². The van der Waals surface area contributed by atoms with Crippen LogP contribution in [0.25, 0.3) is 0 Å². The van der Waals surface area contributed by atoms with E-state index in [0.29, 0.717) is 11.9 Å². The summed E-state index contributed by atoms with van der Waals surface area (Å²) in [4.78, 5) is 10.7. The molecule has 1 aromatic rings. The summed E-state index contributed by atoms with van der Waals surface area (Å²) in [6.45, 7) is 1.85. The molecule has 6 heteroatoms. The largest absolute Gasteiger partial charge is 0.490 e. The van der Waals surface area contributed by atoms with E-state index in [9.17, 15) is 0 Å². The smallest absolute Gasteiger partial charge is 0.204 e. The molecule has 0 bridgehead atoms. The lowest BCUT2D eigenvalue weighted by atomic mass is 10.1. The molecule has 0 unspecified atom stereocenters.